The Balaban J connectivity index is 2.48. The molecule has 0 aliphatic carbocycles. The molecule has 0 aliphatic heterocycles. The molecule has 1 aromatic heterocycles. The molecule has 0 spiro atoms. The number of methoxy groups -OCH3 is 1. The van der Waals surface area contributed by atoms with Crippen LogP contribution >= 0.6 is 0 Å². The normalized spacial score (nSPS) is 8.90. The van der Waals surface area contributed by atoms with E-state index in [9.17, 15) is 4.79 Å². The number of H-pyrrole nitrogens is 1. The fourth-order valence-corrected chi connectivity index (χ4v) is 0.427. The third-order valence-corrected chi connectivity index (χ3v) is 0.820. The summed E-state index contributed by atoms with van der Waals surface area (Å²) in [6.07, 6.45) is 2.23. The molecule has 0 fully saturated rings. The number of imidazole rings is 1. The van der Waals surface area contributed by atoms with Crippen LogP contribution in [0.25, 0.3) is 0 Å². The van der Waals surface area contributed by atoms with Crippen LogP contribution in [0.15, 0.2) is 12.4 Å². The number of aromatic nitrogens is 2. The molecule has 54 valence electrons. The lowest BCUT2D eigenvalue weighted by Gasteiger charge is -1.95. The second-order valence-corrected chi connectivity index (χ2v) is 1.45. The van der Waals surface area contributed by atoms with E-state index >= 15 is 0 Å². The first kappa shape index (κ1) is 6.60. The predicted molar refractivity (Wildman–Crippen MR) is 31.6 cm³/mol. The van der Waals surface area contributed by atoms with Crippen molar-refractivity contribution in [1.82, 2.24) is 9.97 Å². The second kappa shape index (κ2) is 2.86. The largest absolute Gasteiger partial charge is 0.516 e. The van der Waals surface area contributed by atoms with Gasteiger partial charge in [-0.2, -0.15) is 0 Å². The number of rotatable bonds is 1. The van der Waals surface area contributed by atoms with E-state index in [0.717, 1.165) is 0 Å². The number of hydrogen-bond acceptors (Lipinski definition) is 4. The molecule has 10 heavy (non-hydrogen) atoms. The third kappa shape index (κ3) is 1.48. The average molecular weight is 142 g/mol. The predicted octanol–water partition coefficient (Wildman–Crippen LogP) is 0.555. The maximum atomic E-state index is 10.4. The van der Waals surface area contributed by atoms with Gasteiger partial charge >= 0.3 is 12.2 Å². The van der Waals surface area contributed by atoms with Crippen molar-refractivity contribution in [3.63, 3.8) is 0 Å². The van der Waals surface area contributed by atoms with Gasteiger partial charge < -0.3 is 14.5 Å². The number of nitrogens with zero attached hydrogens (tertiary/aromatic N) is 1. The van der Waals surface area contributed by atoms with Crippen molar-refractivity contribution in [2.45, 2.75) is 0 Å². The van der Waals surface area contributed by atoms with Gasteiger partial charge in [-0.1, -0.05) is 0 Å². The first-order chi connectivity index (χ1) is 4.83. The lowest BCUT2D eigenvalue weighted by Crippen LogP contribution is -2.07. The molecule has 1 N–H and O–H groups in total. The maximum absolute atomic E-state index is 10.4. The topological polar surface area (TPSA) is 64.2 Å². The monoisotopic (exact) mass is 142 g/mol. The van der Waals surface area contributed by atoms with Crippen LogP contribution in [0.1, 0.15) is 0 Å². The van der Waals surface area contributed by atoms with Crippen LogP contribution in [0.3, 0.4) is 0 Å². The molecule has 0 bridgehead atoms. The smallest absolute Gasteiger partial charge is 0.437 e. The minimum atomic E-state index is -0.782. The molecule has 0 radical (unpaired) electrons. The van der Waals surface area contributed by atoms with Gasteiger partial charge in [0.1, 0.15) is 0 Å². The molecule has 0 atom stereocenters. The van der Waals surface area contributed by atoms with Crippen LogP contribution in [0.4, 0.5) is 4.79 Å². The molecule has 5 nitrogen and oxygen atoms in total. The number of nitrogens with one attached hydrogen (secondary N) is 1. The van der Waals surface area contributed by atoms with Crippen LogP contribution in [0.2, 0.25) is 0 Å². The van der Waals surface area contributed by atoms with E-state index in [1.165, 1.54) is 19.5 Å². The van der Waals surface area contributed by atoms with Gasteiger partial charge in [-0.15, -0.1) is 0 Å². The zero-order chi connectivity index (χ0) is 7.40. The number of carbonyl (C=O) groups is 1. The van der Waals surface area contributed by atoms with Crippen molar-refractivity contribution in [1.29, 1.82) is 0 Å². The SMILES string of the molecule is COC(=O)Oc1ncc[nH]1. The van der Waals surface area contributed by atoms with Gasteiger partial charge in [-0.25, -0.2) is 9.78 Å². The zero-order valence-electron chi connectivity index (χ0n) is 5.33. The standard InChI is InChI=1S/C5H6N2O3/c1-9-5(8)10-4-6-2-3-7-4/h2-3H,1H3,(H,6,7). The van der Waals surface area contributed by atoms with Gasteiger partial charge in [0.2, 0.25) is 0 Å². The number of carbonyl (C=O) groups excluding carboxylic acids is 1. The summed E-state index contributed by atoms with van der Waals surface area (Å²) in [6.45, 7) is 0. The minimum Gasteiger partial charge on any atom is -0.437 e. The van der Waals surface area contributed by atoms with Crippen LogP contribution in [-0.2, 0) is 4.74 Å². The average Bonchev–Trinajstić information content (AvgIpc) is 2.40. The molecule has 1 aromatic rings. The summed E-state index contributed by atoms with van der Waals surface area (Å²) >= 11 is 0. The Morgan fingerprint density at radius 1 is 1.80 bits per heavy atom. The van der Waals surface area contributed by atoms with Gasteiger partial charge in [-0.05, 0) is 0 Å². The van der Waals surface area contributed by atoms with Gasteiger partial charge in [0.05, 0.1) is 7.11 Å². The van der Waals surface area contributed by atoms with Crippen molar-refractivity contribution in [2.75, 3.05) is 7.11 Å². The maximum Gasteiger partial charge on any atom is 0.516 e. The van der Waals surface area contributed by atoms with Crippen molar-refractivity contribution in [2.24, 2.45) is 0 Å². The van der Waals surface area contributed by atoms with Crippen LogP contribution in [0.5, 0.6) is 6.01 Å². The van der Waals surface area contributed by atoms with E-state index in [0.29, 0.717) is 0 Å². The molecule has 0 aliphatic rings. The van der Waals surface area contributed by atoms with Crippen LogP contribution < -0.4 is 4.74 Å². The lowest BCUT2D eigenvalue weighted by molar-refractivity contribution is 0.118. The van der Waals surface area contributed by atoms with E-state index in [4.69, 9.17) is 0 Å². The summed E-state index contributed by atoms with van der Waals surface area (Å²) in [4.78, 5) is 16.6. The highest BCUT2D eigenvalue weighted by atomic mass is 16.7. The van der Waals surface area contributed by atoms with Crippen molar-refractivity contribution >= 4 is 6.16 Å². The molecule has 0 saturated carbocycles. The Bertz CT molecular complexity index is 207. The molecular weight excluding hydrogens is 136 g/mol. The van der Waals surface area contributed by atoms with E-state index < -0.39 is 6.16 Å². The van der Waals surface area contributed by atoms with E-state index in [1.54, 1.807) is 0 Å². The van der Waals surface area contributed by atoms with Gasteiger partial charge in [0.25, 0.3) is 0 Å². The Kier molecular flexibility index (Phi) is 1.89. The minimum absolute atomic E-state index is 0.131. The highest BCUT2D eigenvalue weighted by molar-refractivity contribution is 5.62. The first-order valence-electron chi connectivity index (χ1n) is 2.58. The highest BCUT2D eigenvalue weighted by Crippen LogP contribution is 1.98. The molecule has 0 amide bonds. The van der Waals surface area contributed by atoms with Crippen molar-refractivity contribution in [3.05, 3.63) is 12.4 Å². The summed E-state index contributed by atoms with van der Waals surface area (Å²) in [5.74, 6) is 0. The second-order valence-electron chi connectivity index (χ2n) is 1.45. The molecule has 0 saturated heterocycles. The van der Waals surface area contributed by atoms with E-state index in [-0.39, 0.29) is 6.01 Å². The lowest BCUT2D eigenvalue weighted by atomic mass is 11.0. The molecule has 0 aromatic carbocycles. The summed E-state index contributed by atoms with van der Waals surface area (Å²) in [5.41, 5.74) is 0. The van der Waals surface area contributed by atoms with Crippen molar-refractivity contribution in [3.8, 4) is 6.01 Å². The van der Waals surface area contributed by atoms with Crippen molar-refractivity contribution < 1.29 is 14.3 Å². The molecule has 5 heteroatoms. The fourth-order valence-electron chi connectivity index (χ4n) is 0.427. The highest BCUT2D eigenvalue weighted by Gasteiger charge is 2.02. The number of hydrogen-bond donors (Lipinski definition) is 1. The van der Waals surface area contributed by atoms with Gasteiger partial charge in [0.15, 0.2) is 0 Å². The van der Waals surface area contributed by atoms with E-state index in [1.807, 2.05) is 0 Å². The quantitative estimate of drug-likeness (QED) is 0.581. The van der Waals surface area contributed by atoms with Gasteiger partial charge in [0, 0.05) is 12.4 Å². The summed E-state index contributed by atoms with van der Waals surface area (Å²) in [7, 11) is 1.23. The Hall–Kier alpha value is -1.52. The molecule has 0 unspecified atom stereocenters. The Labute approximate surface area is 57.0 Å². The number of ether oxygens (including phenoxy) is 2. The Morgan fingerprint density at radius 2 is 2.60 bits per heavy atom. The molecular formula is C5H6N2O3. The number of aromatic amines is 1. The Morgan fingerprint density at radius 3 is 3.10 bits per heavy atom. The summed E-state index contributed by atoms with van der Waals surface area (Å²) < 4.78 is 8.68. The zero-order valence-corrected chi connectivity index (χ0v) is 5.33. The van der Waals surface area contributed by atoms with Crippen LogP contribution in [-0.4, -0.2) is 23.2 Å². The third-order valence-electron chi connectivity index (χ3n) is 0.820. The fraction of sp³-hybridized carbons (Fsp3) is 0.200. The van der Waals surface area contributed by atoms with E-state index in [2.05, 4.69) is 19.4 Å². The molecule has 1 heterocycles. The summed E-state index contributed by atoms with van der Waals surface area (Å²) in [6, 6.07) is 0.131. The molecule has 1 rings (SSSR count). The summed E-state index contributed by atoms with van der Waals surface area (Å²) in [5, 5.41) is 0. The van der Waals surface area contributed by atoms with Crippen LogP contribution in [0, 0.1) is 0 Å². The van der Waals surface area contributed by atoms with Gasteiger partial charge in [-0.3, -0.25) is 0 Å². The first-order valence-corrected chi connectivity index (χ1v) is 2.58.